The maximum Gasteiger partial charge on any atom is 0.165 e. The van der Waals surface area contributed by atoms with Crippen LogP contribution in [0.15, 0.2) is 18.2 Å². The van der Waals surface area contributed by atoms with Crippen LogP contribution in [-0.2, 0) is 13.1 Å². The van der Waals surface area contributed by atoms with Gasteiger partial charge in [0, 0.05) is 27.2 Å². The first-order valence-electron chi connectivity index (χ1n) is 5.34. The summed E-state index contributed by atoms with van der Waals surface area (Å²) in [5, 5.41) is 12.5. The summed E-state index contributed by atoms with van der Waals surface area (Å²) in [6.07, 6.45) is 0. The molecule has 17 heavy (non-hydrogen) atoms. The third-order valence-electron chi connectivity index (χ3n) is 2.79. The largest absolute Gasteiger partial charge is 0.309 e. The lowest BCUT2D eigenvalue weighted by molar-refractivity contribution is 0.508. The van der Waals surface area contributed by atoms with Crippen molar-refractivity contribution < 1.29 is 0 Å². The minimum Gasteiger partial charge on any atom is -0.309 e. The maximum absolute atomic E-state index is 6.04. The maximum atomic E-state index is 6.04. The number of hydrogen-bond donors (Lipinski definition) is 1. The number of halogens is 2. The third kappa shape index (κ3) is 2.07. The average Bonchev–Trinajstić information content (AvgIpc) is 2.76. The van der Waals surface area contributed by atoms with Gasteiger partial charge in [-0.15, -0.1) is 10.2 Å². The Morgan fingerprint density at radius 2 is 2.24 bits per heavy atom. The van der Waals surface area contributed by atoms with Gasteiger partial charge in [0.25, 0.3) is 0 Å². The molecule has 2 heterocycles. The zero-order valence-electron chi connectivity index (χ0n) is 8.95. The molecule has 1 aromatic carbocycles. The summed E-state index contributed by atoms with van der Waals surface area (Å²) in [6.45, 7) is 2.64. The molecule has 0 spiro atoms. The van der Waals surface area contributed by atoms with Crippen LogP contribution in [-0.4, -0.2) is 21.3 Å². The van der Waals surface area contributed by atoms with Crippen LogP contribution in [0.3, 0.4) is 0 Å². The van der Waals surface area contributed by atoms with Gasteiger partial charge in [-0.2, -0.15) is 0 Å². The van der Waals surface area contributed by atoms with Gasteiger partial charge in [-0.1, -0.05) is 11.6 Å². The van der Waals surface area contributed by atoms with E-state index in [9.17, 15) is 0 Å². The van der Waals surface area contributed by atoms with Crippen molar-refractivity contribution in [1.29, 1.82) is 0 Å². The van der Waals surface area contributed by atoms with Gasteiger partial charge in [0.2, 0.25) is 0 Å². The number of hydrogen-bond acceptors (Lipinski definition) is 3. The zero-order chi connectivity index (χ0) is 11.8. The Hall–Kier alpha value is -0.660. The molecule has 0 unspecified atom stereocenters. The van der Waals surface area contributed by atoms with E-state index >= 15 is 0 Å². The minimum absolute atomic E-state index is 0.728. The van der Waals surface area contributed by atoms with Gasteiger partial charge in [-0.05, 0) is 40.8 Å². The Labute approximate surface area is 118 Å². The summed E-state index contributed by atoms with van der Waals surface area (Å²) in [7, 11) is 0. The van der Waals surface area contributed by atoms with Gasteiger partial charge in [0.1, 0.15) is 5.82 Å². The highest BCUT2D eigenvalue weighted by Gasteiger charge is 2.18. The van der Waals surface area contributed by atoms with Crippen LogP contribution in [0.4, 0.5) is 0 Å². The molecule has 0 radical (unpaired) electrons. The number of fused-ring (bicyclic) bond motifs is 1. The van der Waals surface area contributed by atoms with E-state index in [1.54, 1.807) is 0 Å². The topological polar surface area (TPSA) is 42.7 Å². The summed E-state index contributed by atoms with van der Waals surface area (Å²) in [5.74, 6) is 1.90. The van der Waals surface area contributed by atoms with Crippen LogP contribution < -0.4 is 5.32 Å². The van der Waals surface area contributed by atoms with Crippen LogP contribution in [0, 0.1) is 3.57 Å². The number of benzene rings is 1. The average molecular weight is 361 g/mol. The molecule has 0 saturated heterocycles. The van der Waals surface area contributed by atoms with Crippen molar-refractivity contribution in [3.8, 4) is 11.4 Å². The molecule has 0 bridgehead atoms. The first-order chi connectivity index (χ1) is 8.25. The second-order valence-corrected chi connectivity index (χ2v) is 5.49. The SMILES string of the molecule is Clc1ccc(I)c(-c2nnc3n2CCNC3)c1. The van der Waals surface area contributed by atoms with Gasteiger partial charge in [-0.25, -0.2) is 0 Å². The molecular formula is C11H10ClIN4. The summed E-state index contributed by atoms with van der Waals surface area (Å²) < 4.78 is 3.30. The van der Waals surface area contributed by atoms with Gasteiger partial charge < -0.3 is 9.88 Å². The van der Waals surface area contributed by atoms with Gasteiger partial charge in [-0.3, -0.25) is 0 Å². The van der Waals surface area contributed by atoms with E-state index in [2.05, 4.69) is 42.7 Å². The van der Waals surface area contributed by atoms with Crippen molar-refractivity contribution in [3.63, 3.8) is 0 Å². The van der Waals surface area contributed by atoms with Gasteiger partial charge in [0.05, 0.1) is 6.54 Å². The molecule has 1 aliphatic rings. The molecule has 0 aliphatic carbocycles. The van der Waals surface area contributed by atoms with Crippen LogP contribution in [0.2, 0.25) is 5.02 Å². The van der Waals surface area contributed by atoms with Crippen molar-refractivity contribution in [1.82, 2.24) is 20.1 Å². The Kier molecular flexibility index (Phi) is 3.06. The molecule has 88 valence electrons. The normalized spacial score (nSPS) is 14.7. The van der Waals surface area contributed by atoms with Crippen molar-refractivity contribution in [2.24, 2.45) is 0 Å². The fraction of sp³-hybridized carbons (Fsp3) is 0.273. The molecule has 3 rings (SSSR count). The fourth-order valence-corrected chi connectivity index (χ4v) is 2.71. The molecule has 4 nitrogen and oxygen atoms in total. The lowest BCUT2D eigenvalue weighted by Gasteiger charge is -2.16. The molecule has 2 aromatic rings. The van der Waals surface area contributed by atoms with E-state index in [0.717, 1.165) is 45.4 Å². The van der Waals surface area contributed by atoms with Crippen LogP contribution >= 0.6 is 34.2 Å². The van der Waals surface area contributed by atoms with E-state index in [1.807, 2.05) is 18.2 Å². The van der Waals surface area contributed by atoms with E-state index in [1.165, 1.54) is 0 Å². The predicted octanol–water partition coefficient (Wildman–Crippen LogP) is 2.31. The van der Waals surface area contributed by atoms with Crippen molar-refractivity contribution in [3.05, 3.63) is 32.6 Å². The van der Waals surface area contributed by atoms with E-state index in [0.29, 0.717) is 0 Å². The Morgan fingerprint density at radius 1 is 1.35 bits per heavy atom. The van der Waals surface area contributed by atoms with Crippen molar-refractivity contribution in [2.45, 2.75) is 13.1 Å². The molecule has 0 fully saturated rings. The molecule has 6 heteroatoms. The highest BCUT2D eigenvalue weighted by Crippen LogP contribution is 2.27. The molecule has 1 N–H and O–H groups in total. The van der Waals surface area contributed by atoms with Gasteiger partial charge in [0.15, 0.2) is 5.82 Å². The van der Waals surface area contributed by atoms with Crippen molar-refractivity contribution in [2.75, 3.05) is 6.54 Å². The molecular weight excluding hydrogens is 351 g/mol. The summed E-state index contributed by atoms with van der Waals surface area (Å²) in [5.41, 5.74) is 1.05. The van der Waals surface area contributed by atoms with E-state index < -0.39 is 0 Å². The van der Waals surface area contributed by atoms with E-state index in [-0.39, 0.29) is 0 Å². The lowest BCUT2D eigenvalue weighted by atomic mass is 10.2. The molecule has 0 amide bonds. The molecule has 1 aliphatic heterocycles. The van der Waals surface area contributed by atoms with Gasteiger partial charge >= 0.3 is 0 Å². The smallest absolute Gasteiger partial charge is 0.165 e. The highest BCUT2D eigenvalue weighted by atomic mass is 127. The zero-order valence-corrected chi connectivity index (χ0v) is 11.9. The summed E-state index contributed by atoms with van der Waals surface area (Å²) in [6, 6.07) is 5.84. The molecule has 0 atom stereocenters. The second-order valence-electron chi connectivity index (χ2n) is 3.89. The van der Waals surface area contributed by atoms with E-state index in [4.69, 9.17) is 11.6 Å². The first kappa shape index (κ1) is 11.4. The highest BCUT2D eigenvalue weighted by molar-refractivity contribution is 14.1. The van der Waals surface area contributed by atoms with Crippen LogP contribution in [0.1, 0.15) is 5.82 Å². The standard InChI is InChI=1S/C11H10ClIN4/c12-7-1-2-9(13)8(5-7)11-16-15-10-6-14-3-4-17(10)11/h1-2,5,14H,3-4,6H2. The van der Waals surface area contributed by atoms with Crippen LogP contribution in [0.5, 0.6) is 0 Å². The fourth-order valence-electron chi connectivity index (χ4n) is 1.96. The monoisotopic (exact) mass is 360 g/mol. The molecule has 1 aromatic heterocycles. The summed E-state index contributed by atoms with van der Waals surface area (Å²) in [4.78, 5) is 0. The van der Waals surface area contributed by atoms with Crippen molar-refractivity contribution >= 4 is 34.2 Å². The predicted molar refractivity (Wildman–Crippen MR) is 74.9 cm³/mol. The quantitative estimate of drug-likeness (QED) is 0.794. The third-order valence-corrected chi connectivity index (χ3v) is 3.97. The second kappa shape index (κ2) is 4.55. The number of rotatable bonds is 1. The first-order valence-corrected chi connectivity index (χ1v) is 6.79. The Bertz CT molecular complexity index is 567. The Balaban J connectivity index is 2.15. The lowest BCUT2D eigenvalue weighted by Crippen LogP contribution is -2.28. The summed E-state index contributed by atoms with van der Waals surface area (Å²) >= 11 is 8.34. The van der Waals surface area contributed by atoms with Crippen LogP contribution in [0.25, 0.3) is 11.4 Å². The Morgan fingerprint density at radius 3 is 3.12 bits per heavy atom. The number of nitrogens with zero attached hydrogens (tertiary/aromatic N) is 3. The number of aromatic nitrogens is 3. The minimum atomic E-state index is 0.728. The molecule has 0 saturated carbocycles. The number of nitrogens with one attached hydrogen (secondary N) is 1.